The summed E-state index contributed by atoms with van der Waals surface area (Å²) in [5, 5.41) is 0. The summed E-state index contributed by atoms with van der Waals surface area (Å²) in [7, 11) is 0. The molecule has 21 heavy (non-hydrogen) atoms. The van der Waals surface area contributed by atoms with Crippen LogP contribution in [0.3, 0.4) is 0 Å². The van der Waals surface area contributed by atoms with Gasteiger partial charge in [0.25, 0.3) is 0 Å². The van der Waals surface area contributed by atoms with Crippen molar-refractivity contribution in [1.29, 1.82) is 0 Å². The first-order chi connectivity index (χ1) is 9.55. The molecule has 2 unspecified atom stereocenters. The van der Waals surface area contributed by atoms with Crippen molar-refractivity contribution < 1.29 is 14.3 Å². The summed E-state index contributed by atoms with van der Waals surface area (Å²) in [6, 6.07) is 0.130. The predicted octanol–water partition coefficient (Wildman–Crippen LogP) is 3.76. The summed E-state index contributed by atoms with van der Waals surface area (Å²) in [4.78, 5) is 14.3. The summed E-state index contributed by atoms with van der Waals surface area (Å²) in [5.41, 5.74) is 1.26. The lowest BCUT2D eigenvalue weighted by Crippen LogP contribution is -2.57. The highest BCUT2D eigenvalue weighted by Crippen LogP contribution is 2.34. The minimum absolute atomic E-state index is 0.0182. The van der Waals surface area contributed by atoms with Gasteiger partial charge in [0.05, 0.1) is 25.3 Å². The van der Waals surface area contributed by atoms with Crippen molar-refractivity contribution in [2.75, 3.05) is 13.2 Å². The Labute approximate surface area is 128 Å². The van der Waals surface area contributed by atoms with Gasteiger partial charge >= 0.3 is 6.09 Å². The fraction of sp³-hybridized carbons (Fsp3) is 0.824. The molecule has 2 aliphatic heterocycles. The van der Waals surface area contributed by atoms with Crippen LogP contribution in [0.1, 0.15) is 54.4 Å². The SMILES string of the molecule is CC(C)(C)CC1=CC2COCC(C1)N2C(=O)OC(C)(C)C. The number of morpholine rings is 1. The highest BCUT2D eigenvalue weighted by molar-refractivity contribution is 5.70. The van der Waals surface area contributed by atoms with E-state index >= 15 is 0 Å². The van der Waals surface area contributed by atoms with Crippen molar-refractivity contribution in [3.8, 4) is 0 Å². The molecule has 0 aromatic heterocycles. The van der Waals surface area contributed by atoms with Crippen molar-refractivity contribution in [1.82, 2.24) is 4.90 Å². The fourth-order valence-corrected chi connectivity index (χ4v) is 3.10. The first-order valence-corrected chi connectivity index (χ1v) is 7.84. The first kappa shape index (κ1) is 16.3. The van der Waals surface area contributed by atoms with Gasteiger partial charge < -0.3 is 9.47 Å². The fourth-order valence-electron chi connectivity index (χ4n) is 3.10. The van der Waals surface area contributed by atoms with E-state index in [0.717, 1.165) is 12.8 Å². The number of carbonyl (C=O) groups excluding carboxylic acids is 1. The Morgan fingerprint density at radius 1 is 1.29 bits per heavy atom. The van der Waals surface area contributed by atoms with E-state index in [2.05, 4.69) is 26.8 Å². The second kappa shape index (κ2) is 5.64. The maximum Gasteiger partial charge on any atom is 0.411 e. The van der Waals surface area contributed by atoms with E-state index < -0.39 is 5.60 Å². The van der Waals surface area contributed by atoms with E-state index in [9.17, 15) is 4.79 Å². The zero-order valence-corrected chi connectivity index (χ0v) is 14.2. The molecule has 2 rings (SSSR count). The van der Waals surface area contributed by atoms with Gasteiger partial charge in [0.2, 0.25) is 0 Å². The number of hydrogen-bond donors (Lipinski definition) is 0. The largest absolute Gasteiger partial charge is 0.444 e. The van der Waals surface area contributed by atoms with Crippen molar-refractivity contribution in [2.24, 2.45) is 5.41 Å². The molecule has 0 aromatic carbocycles. The second-order valence-electron chi connectivity index (χ2n) is 8.41. The Bertz CT molecular complexity index is 428. The normalized spacial score (nSPS) is 26.4. The van der Waals surface area contributed by atoms with Crippen LogP contribution in [0.25, 0.3) is 0 Å². The summed E-state index contributed by atoms with van der Waals surface area (Å²) >= 11 is 0. The molecule has 0 radical (unpaired) electrons. The molecule has 120 valence electrons. The van der Waals surface area contributed by atoms with Gasteiger partial charge in [-0.05, 0) is 39.0 Å². The lowest BCUT2D eigenvalue weighted by molar-refractivity contribution is -0.0540. The van der Waals surface area contributed by atoms with Crippen molar-refractivity contribution in [2.45, 2.75) is 72.1 Å². The molecule has 1 fully saturated rings. The van der Waals surface area contributed by atoms with Crippen molar-refractivity contribution >= 4 is 6.09 Å². The standard InChI is InChI=1S/C17H29NO3/c1-16(2,3)9-12-7-13-10-20-11-14(8-12)18(13)15(19)21-17(4,5)6/h7,13-14H,8-11H2,1-6H3. The number of ether oxygens (including phenoxy) is 2. The van der Waals surface area contributed by atoms with Gasteiger partial charge in [0, 0.05) is 0 Å². The van der Waals surface area contributed by atoms with Crippen LogP contribution < -0.4 is 0 Å². The monoisotopic (exact) mass is 295 g/mol. The molecule has 0 aliphatic carbocycles. The van der Waals surface area contributed by atoms with Gasteiger partial charge in [-0.25, -0.2) is 4.79 Å². The number of rotatable bonds is 1. The zero-order chi connectivity index (χ0) is 15.8. The van der Waals surface area contributed by atoms with Crippen LogP contribution in [0.4, 0.5) is 4.79 Å². The Hall–Kier alpha value is -1.03. The van der Waals surface area contributed by atoms with Crippen LogP contribution in [0, 0.1) is 5.41 Å². The summed E-state index contributed by atoms with van der Waals surface area (Å²) in [6.45, 7) is 13.6. The lowest BCUT2D eigenvalue weighted by Gasteiger charge is -2.45. The van der Waals surface area contributed by atoms with Gasteiger partial charge in [-0.3, -0.25) is 4.90 Å². The number of amides is 1. The molecule has 4 heteroatoms. The van der Waals surface area contributed by atoms with Crippen LogP contribution in [0.2, 0.25) is 0 Å². The Morgan fingerprint density at radius 2 is 1.95 bits per heavy atom. The van der Waals surface area contributed by atoms with Crippen LogP contribution >= 0.6 is 0 Å². The lowest BCUT2D eigenvalue weighted by atomic mass is 9.82. The third-order valence-electron chi connectivity index (χ3n) is 3.64. The summed E-state index contributed by atoms with van der Waals surface area (Å²) in [5.74, 6) is 0. The number of fused-ring (bicyclic) bond motifs is 2. The average Bonchev–Trinajstić information content (AvgIpc) is 2.22. The summed E-state index contributed by atoms with van der Waals surface area (Å²) in [6.07, 6.45) is 3.96. The van der Waals surface area contributed by atoms with E-state index in [4.69, 9.17) is 9.47 Å². The van der Waals surface area contributed by atoms with Gasteiger partial charge in [0.15, 0.2) is 0 Å². The van der Waals surface area contributed by atoms with E-state index in [-0.39, 0.29) is 23.6 Å². The Balaban J connectivity index is 2.14. The molecule has 0 aromatic rings. The number of carbonyl (C=O) groups is 1. The van der Waals surface area contributed by atoms with Crippen LogP contribution in [0.15, 0.2) is 11.6 Å². The highest BCUT2D eigenvalue weighted by Gasteiger charge is 2.40. The topological polar surface area (TPSA) is 38.8 Å². The van der Waals surface area contributed by atoms with Crippen LogP contribution in [-0.2, 0) is 9.47 Å². The minimum Gasteiger partial charge on any atom is -0.444 e. The maximum atomic E-state index is 12.4. The molecule has 0 N–H and O–H groups in total. The van der Waals surface area contributed by atoms with Gasteiger partial charge in [-0.15, -0.1) is 0 Å². The Morgan fingerprint density at radius 3 is 2.48 bits per heavy atom. The maximum absolute atomic E-state index is 12.4. The first-order valence-electron chi connectivity index (χ1n) is 7.84. The van der Waals surface area contributed by atoms with Crippen LogP contribution in [-0.4, -0.2) is 41.9 Å². The summed E-state index contributed by atoms with van der Waals surface area (Å²) < 4.78 is 11.2. The average molecular weight is 295 g/mol. The van der Waals surface area contributed by atoms with Crippen LogP contribution in [0.5, 0.6) is 0 Å². The quantitative estimate of drug-likeness (QED) is 0.691. The van der Waals surface area contributed by atoms with Crippen molar-refractivity contribution in [3.05, 3.63) is 11.6 Å². The zero-order valence-electron chi connectivity index (χ0n) is 14.2. The second-order valence-corrected chi connectivity index (χ2v) is 8.41. The molecule has 2 atom stereocenters. The van der Waals surface area contributed by atoms with E-state index in [1.165, 1.54) is 5.57 Å². The molecule has 2 bridgehead atoms. The molecule has 0 spiro atoms. The predicted molar refractivity (Wildman–Crippen MR) is 83.2 cm³/mol. The molecular weight excluding hydrogens is 266 g/mol. The third kappa shape index (κ3) is 4.47. The van der Waals surface area contributed by atoms with E-state index in [1.807, 2.05) is 25.7 Å². The molecule has 2 aliphatic rings. The molecule has 4 nitrogen and oxygen atoms in total. The van der Waals surface area contributed by atoms with Gasteiger partial charge in [-0.2, -0.15) is 0 Å². The molecule has 2 heterocycles. The van der Waals surface area contributed by atoms with E-state index in [1.54, 1.807) is 0 Å². The third-order valence-corrected chi connectivity index (χ3v) is 3.64. The van der Waals surface area contributed by atoms with E-state index in [0.29, 0.717) is 13.2 Å². The number of hydrogen-bond acceptors (Lipinski definition) is 3. The molecule has 1 amide bonds. The molecule has 0 saturated carbocycles. The van der Waals surface area contributed by atoms with Crippen molar-refractivity contribution in [3.63, 3.8) is 0 Å². The molecule has 1 saturated heterocycles. The van der Waals surface area contributed by atoms with Gasteiger partial charge in [0.1, 0.15) is 5.60 Å². The molecular formula is C17H29NO3. The number of nitrogens with zero attached hydrogens (tertiary/aromatic N) is 1. The highest BCUT2D eigenvalue weighted by atomic mass is 16.6. The minimum atomic E-state index is -0.457. The Kier molecular flexibility index (Phi) is 4.39. The smallest absolute Gasteiger partial charge is 0.411 e. The van der Waals surface area contributed by atoms with Gasteiger partial charge in [-0.1, -0.05) is 32.4 Å².